The van der Waals surface area contributed by atoms with Crippen LogP contribution >= 0.6 is 12.4 Å². The SMILES string of the molecule is Cc1cc(S(=O)(=O)N(C)C(C)CN)ccc1F.Cl. The first-order valence-electron chi connectivity index (χ1n) is 5.25. The number of sulfonamides is 1. The number of likely N-dealkylation sites (N-methyl/N-ethyl adjacent to an activating group) is 1. The first-order chi connectivity index (χ1) is 7.80. The average molecular weight is 297 g/mol. The molecule has 1 aromatic rings. The van der Waals surface area contributed by atoms with Crippen LogP contribution in [0.1, 0.15) is 12.5 Å². The highest BCUT2D eigenvalue weighted by Gasteiger charge is 2.24. The van der Waals surface area contributed by atoms with E-state index in [1.807, 2.05) is 0 Å². The Balaban J connectivity index is 0.00000289. The molecular formula is C11H18ClFN2O2S. The summed E-state index contributed by atoms with van der Waals surface area (Å²) in [5.74, 6) is -0.418. The van der Waals surface area contributed by atoms with Crippen molar-refractivity contribution in [2.75, 3.05) is 13.6 Å². The maximum absolute atomic E-state index is 13.1. The molecule has 0 aliphatic rings. The second-order valence-corrected chi connectivity index (χ2v) is 6.01. The summed E-state index contributed by atoms with van der Waals surface area (Å²) in [6.07, 6.45) is 0. The van der Waals surface area contributed by atoms with Crippen molar-refractivity contribution in [1.82, 2.24) is 4.31 Å². The van der Waals surface area contributed by atoms with Crippen molar-refractivity contribution in [2.45, 2.75) is 24.8 Å². The molecule has 4 nitrogen and oxygen atoms in total. The van der Waals surface area contributed by atoms with Gasteiger partial charge in [-0.1, -0.05) is 0 Å². The van der Waals surface area contributed by atoms with Crippen LogP contribution in [0.25, 0.3) is 0 Å². The summed E-state index contributed by atoms with van der Waals surface area (Å²) in [5, 5.41) is 0. The molecule has 1 rings (SSSR count). The number of benzene rings is 1. The van der Waals surface area contributed by atoms with Gasteiger partial charge >= 0.3 is 0 Å². The summed E-state index contributed by atoms with van der Waals surface area (Å²) >= 11 is 0. The molecule has 0 bridgehead atoms. The molecule has 0 fully saturated rings. The van der Waals surface area contributed by atoms with Crippen molar-refractivity contribution in [3.63, 3.8) is 0 Å². The smallest absolute Gasteiger partial charge is 0.243 e. The topological polar surface area (TPSA) is 63.4 Å². The number of rotatable bonds is 4. The zero-order valence-corrected chi connectivity index (χ0v) is 12.2. The van der Waals surface area contributed by atoms with E-state index >= 15 is 0 Å². The Hall–Kier alpha value is -0.690. The van der Waals surface area contributed by atoms with Crippen molar-refractivity contribution in [3.8, 4) is 0 Å². The Morgan fingerprint density at radius 1 is 1.44 bits per heavy atom. The number of halogens is 2. The molecule has 0 heterocycles. The third kappa shape index (κ3) is 3.41. The van der Waals surface area contributed by atoms with Crippen LogP contribution in [0.4, 0.5) is 4.39 Å². The fourth-order valence-corrected chi connectivity index (χ4v) is 2.79. The molecule has 7 heteroatoms. The lowest BCUT2D eigenvalue weighted by Crippen LogP contribution is -2.39. The first-order valence-corrected chi connectivity index (χ1v) is 6.69. The Morgan fingerprint density at radius 2 is 2.00 bits per heavy atom. The zero-order valence-electron chi connectivity index (χ0n) is 10.6. The Morgan fingerprint density at radius 3 is 2.44 bits per heavy atom. The standard InChI is InChI=1S/C11H17FN2O2S.ClH/c1-8-6-10(4-5-11(8)12)17(15,16)14(3)9(2)7-13;/h4-6,9H,7,13H2,1-3H3;1H. The second kappa shape index (κ2) is 6.47. The molecule has 1 aromatic carbocycles. The number of hydrogen-bond donors (Lipinski definition) is 1. The Labute approximate surface area is 113 Å². The maximum atomic E-state index is 13.1. The van der Waals surface area contributed by atoms with Crippen LogP contribution in [0, 0.1) is 12.7 Å². The van der Waals surface area contributed by atoms with Gasteiger partial charge in [0.15, 0.2) is 0 Å². The molecule has 2 N–H and O–H groups in total. The van der Waals surface area contributed by atoms with E-state index in [1.54, 1.807) is 6.92 Å². The maximum Gasteiger partial charge on any atom is 0.243 e. The van der Waals surface area contributed by atoms with Gasteiger partial charge < -0.3 is 5.73 Å². The molecule has 1 atom stereocenters. The molecule has 0 amide bonds. The van der Waals surface area contributed by atoms with E-state index in [4.69, 9.17) is 5.73 Å². The summed E-state index contributed by atoms with van der Waals surface area (Å²) in [5.41, 5.74) is 5.74. The molecular weight excluding hydrogens is 279 g/mol. The number of nitrogens with two attached hydrogens (primary N) is 1. The van der Waals surface area contributed by atoms with E-state index in [-0.39, 0.29) is 29.9 Å². The minimum absolute atomic E-state index is 0. The lowest BCUT2D eigenvalue weighted by atomic mass is 10.2. The van der Waals surface area contributed by atoms with Gasteiger partial charge in [-0.25, -0.2) is 12.8 Å². The number of nitrogens with zero attached hydrogens (tertiary/aromatic N) is 1. The fraction of sp³-hybridized carbons (Fsp3) is 0.455. The Kier molecular flexibility index (Phi) is 6.22. The second-order valence-electron chi connectivity index (χ2n) is 4.02. The van der Waals surface area contributed by atoms with Gasteiger partial charge in [-0.2, -0.15) is 4.31 Å². The minimum Gasteiger partial charge on any atom is -0.329 e. The van der Waals surface area contributed by atoms with E-state index in [0.29, 0.717) is 5.56 Å². The highest BCUT2D eigenvalue weighted by atomic mass is 35.5. The van der Waals surface area contributed by atoms with Crippen molar-refractivity contribution < 1.29 is 12.8 Å². The largest absolute Gasteiger partial charge is 0.329 e. The third-order valence-electron chi connectivity index (χ3n) is 2.77. The van der Waals surface area contributed by atoms with E-state index in [2.05, 4.69) is 0 Å². The van der Waals surface area contributed by atoms with Gasteiger partial charge in [0.1, 0.15) is 5.82 Å². The summed E-state index contributed by atoms with van der Waals surface area (Å²) in [6.45, 7) is 3.48. The highest BCUT2D eigenvalue weighted by Crippen LogP contribution is 2.19. The molecule has 0 radical (unpaired) electrons. The lowest BCUT2D eigenvalue weighted by molar-refractivity contribution is 0.394. The molecule has 0 aromatic heterocycles. The molecule has 104 valence electrons. The number of hydrogen-bond acceptors (Lipinski definition) is 3. The average Bonchev–Trinajstić information content (AvgIpc) is 2.30. The quantitative estimate of drug-likeness (QED) is 0.916. The van der Waals surface area contributed by atoms with Gasteiger partial charge in [0.2, 0.25) is 10.0 Å². The van der Waals surface area contributed by atoms with Crippen LogP contribution in [-0.2, 0) is 10.0 Å². The summed E-state index contributed by atoms with van der Waals surface area (Å²) in [6, 6.07) is 3.44. The first kappa shape index (κ1) is 17.3. The van der Waals surface area contributed by atoms with E-state index in [9.17, 15) is 12.8 Å². The predicted octanol–water partition coefficient (Wildman–Crippen LogP) is 1.52. The minimum atomic E-state index is -3.60. The van der Waals surface area contributed by atoms with Gasteiger partial charge in [-0.3, -0.25) is 0 Å². The fourth-order valence-electron chi connectivity index (χ4n) is 1.33. The zero-order chi connectivity index (χ0) is 13.2. The third-order valence-corrected chi connectivity index (χ3v) is 4.74. The van der Waals surface area contributed by atoms with E-state index in [0.717, 1.165) is 6.07 Å². The highest BCUT2D eigenvalue weighted by molar-refractivity contribution is 7.89. The van der Waals surface area contributed by atoms with Crippen molar-refractivity contribution in [1.29, 1.82) is 0 Å². The van der Waals surface area contributed by atoms with Crippen molar-refractivity contribution in [3.05, 3.63) is 29.6 Å². The molecule has 0 aliphatic heterocycles. The van der Waals surface area contributed by atoms with Crippen molar-refractivity contribution in [2.24, 2.45) is 5.73 Å². The Bertz CT molecular complexity index is 508. The van der Waals surface area contributed by atoms with Gasteiger partial charge in [0.05, 0.1) is 4.90 Å². The van der Waals surface area contributed by atoms with E-state index < -0.39 is 15.8 Å². The molecule has 0 saturated heterocycles. The van der Waals surface area contributed by atoms with E-state index in [1.165, 1.54) is 30.4 Å². The molecule has 0 saturated carbocycles. The van der Waals surface area contributed by atoms with Crippen LogP contribution in [0.15, 0.2) is 23.1 Å². The van der Waals surface area contributed by atoms with Gasteiger partial charge in [-0.15, -0.1) is 12.4 Å². The van der Waals surface area contributed by atoms with Crippen LogP contribution in [0.5, 0.6) is 0 Å². The lowest BCUT2D eigenvalue weighted by Gasteiger charge is -2.23. The van der Waals surface area contributed by atoms with Gasteiger partial charge in [0.25, 0.3) is 0 Å². The summed E-state index contributed by atoms with van der Waals surface area (Å²) in [4.78, 5) is 0.0826. The van der Waals surface area contributed by atoms with Gasteiger partial charge in [-0.05, 0) is 37.6 Å². The number of aryl methyl sites for hydroxylation is 1. The summed E-state index contributed by atoms with van der Waals surface area (Å²) < 4.78 is 38.6. The monoisotopic (exact) mass is 296 g/mol. The van der Waals surface area contributed by atoms with Crippen LogP contribution in [0.3, 0.4) is 0 Å². The van der Waals surface area contributed by atoms with Crippen LogP contribution < -0.4 is 5.73 Å². The molecule has 0 aliphatic carbocycles. The van der Waals surface area contributed by atoms with Crippen molar-refractivity contribution >= 4 is 22.4 Å². The van der Waals surface area contributed by atoms with Crippen LogP contribution in [0.2, 0.25) is 0 Å². The van der Waals surface area contributed by atoms with Crippen LogP contribution in [-0.4, -0.2) is 32.4 Å². The normalized spacial score (nSPS) is 13.2. The predicted molar refractivity (Wildman–Crippen MR) is 71.9 cm³/mol. The molecule has 18 heavy (non-hydrogen) atoms. The molecule has 0 spiro atoms. The van der Waals surface area contributed by atoms with Gasteiger partial charge in [0, 0.05) is 19.6 Å². The summed E-state index contributed by atoms with van der Waals surface area (Å²) in [7, 11) is -2.14. The molecule has 1 unspecified atom stereocenters.